The highest BCUT2D eigenvalue weighted by Gasteiger charge is 2.36. The molecule has 0 spiro atoms. The molecule has 2 N–H and O–H groups in total. The number of hydrogen-bond acceptors (Lipinski definition) is 5. The maximum Gasteiger partial charge on any atom is 0.338 e. The molecule has 7 nitrogen and oxygen atoms in total. The molecule has 2 aromatic rings. The van der Waals surface area contributed by atoms with Gasteiger partial charge in [0.15, 0.2) is 11.5 Å². The van der Waals surface area contributed by atoms with Gasteiger partial charge < -0.3 is 24.8 Å². The van der Waals surface area contributed by atoms with E-state index < -0.39 is 18.0 Å². The first kappa shape index (κ1) is 23.5. The van der Waals surface area contributed by atoms with Crippen molar-refractivity contribution in [2.75, 3.05) is 13.7 Å². The van der Waals surface area contributed by atoms with Gasteiger partial charge in [-0.3, -0.25) is 0 Å². The number of esters is 1. The van der Waals surface area contributed by atoms with Crippen LogP contribution in [0.1, 0.15) is 37.9 Å². The van der Waals surface area contributed by atoms with Crippen molar-refractivity contribution in [2.24, 2.45) is 5.92 Å². The number of carbonyl (C=O) groups excluding carboxylic acids is 2. The first-order valence-electron chi connectivity index (χ1n) is 10.4. The number of allylic oxidation sites excluding steroid dienone is 1. The second-order valence-corrected chi connectivity index (χ2v) is 7.90. The molecule has 3 rings (SSSR count). The Hall–Kier alpha value is -3.19. The number of benzene rings is 2. The molecule has 170 valence electrons. The Morgan fingerprint density at radius 2 is 1.91 bits per heavy atom. The smallest absolute Gasteiger partial charge is 0.338 e. The van der Waals surface area contributed by atoms with E-state index in [1.807, 2.05) is 32.0 Å². The molecule has 8 heteroatoms. The summed E-state index contributed by atoms with van der Waals surface area (Å²) in [4.78, 5) is 25.4. The normalized spacial score (nSPS) is 15.8. The second-order valence-electron chi connectivity index (χ2n) is 7.49. The van der Waals surface area contributed by atoms with E-state index in [1.165, 1.54) is 7.11 Å². The van der Waals surface area contributed by atoms with Gasteiger partial charge in [-0.25, -0.2) is 9.59 Å². The minimum Gasteiger partial charge on any atom is -0.493 e. The zero-order valence-electron chi connectivity index (χ0n) is 18.5. The van der Waals surface area contributed by atoms with E-state index in [9.17, 15) is 9.59 Å². The van der Waals surface area contributed by atoms with Gasteiger partial charge >= 0.3 is 12.0 Å². The van der Waals surface area contributed by atoms with Crippen LogP contribution in [-0.2, 0) is 16.1 Å². The molecule has 1 heterocycles. The van der Waals surface area contributed by atoms with Gasteiger partial charge in [0.05, 0.1) is 25.3 Å². The molecule has 0 fully saturated rings. The Labute approximate surface area is 192 Å². The Kier molecular flexibility index (Phi) is 7.64. The molecule has 1 unspecified atom stereocenters. The Bertz CT molecular complexity index is 1030. The predicted octanol–water partition coefficient (Wildman–Crippen LogP) is 4.75. The van der Waals surface area contributed by atoms with E-state index in [4.69, 9.17) is 25.8 Å². The molecule has 1 aliphatic rings. The number of hydrogen-bond donors (Lipinski definition) is 2. The lowest BCUT2D eigenvalue weighted by Crippen LogP contribution is -2.47. The van der Waals surface area contributed by atoms with Gasteiger partial charge in [-0.15, -0.1) is 0 Å². The summed E-state index contributed by atoms with van der Waals surface area (Å²) in [5.74, 6) is 0.262. The van der Waals surface area contributed by atoms with Gasteiger partial charge in [-0.05, 0) is 25.0 Å². The molecule has 0 saturated heterocycles. The van der Waals surface area contributed by atoms with Gasteiger partial charge in [0.2, 0.25) is 0 Å². The molecule has 1 aliphatic heterocycles. The van der Waals surface area contributed by atoms with Crippen LogP contribution in [0.3, 0.4) is 0 Å². The van der Waals surface area contributed by atoms with Crippen molar-refractivity contribution in [1.82, 2.24) is 10.6 Å². The predicted molar refractivity (Wildman–Crippen MR) is 122 cm³/mol. The van der Waals surface area contributed by atoms with Crippen molar-refractivity contribution in [3.05, 3.63) is 69.9 Å². The fourth-order valence-corrected chi connectivity index (χ4v) is 3.74. The third-order valence-corrected chi connectivity index (χ3v) is 5.41. The highest BCUT2D eigenvalue weighted by molar-refractivity contribution is 6.31. The summed E-state index contributed by atoms with van der Waals surface area (Å²) < 4.78 is 17.0. The summed E-state index contributed by atoms with van der Waals surface area (Å²) in [6.07, 6.45) is 0. The Balaban J connectivity index is 2.10. The molecule has 0 radical (unpaired) electrons. The number of ether oxygens (including phenoxy) is 3. The zero-order chi connectivity index (χ0) is 23.3. The van der Waals surface area contributed by atoms with Crippen LogP contribution in [0.4, 0.5) is 4.79 Å². The van der Waals surface area contributed by atoms with Crippen molar-refractivity contribution >= 4 is 23.6 Å². The SMILES string of the molecule is CCOC(=O)C1=C(C(C)C)NC(=O)NC1c1cccc(OC)c1OCc1ccccc1Cl. The average Bonchev–Trinajstić information content (AvgIpc) is 2.77. The lowest BCUT2D eigenvalue weighted by molar-refractivity contribution is -0.139. The van der Waals surface area contributed by atoms with Crippen LogP contribution in [0.2, 0.25) is 5.02 Å². The van der Waals surface area contributed by atoms with Crippen LogP contribution in [0, 0.1) is 5.92 Å². The molecule has 32 heavy (non-hydrogen) atoms. The van der Waals surface area contributed by atoms with Crippen LogP contribution in [-0.4, -0.2) is 25.7 Å². The van der Waals surface area contributed by atoms with E-state index in [2.05, 4.69) is 10.6 Å². The van der Waals surface area contributed by atoms with Crippen molar-refractivity contribution in [3.8, 4) is 11.5 Å². The van der Waals surface area contributed by atoms with Crippen LogP contribution in [0.5, 0.6) is 11.5 Å². The zero-order valence-corrected chi connectivity index (χ0v) is 19.3. The first-order chi connectivity index (χ1) is 15.4. The largest absolute Gasteiger partial charge is 0.493 e. The van der Waals surface area contributed by atoms with Gasteiger partial charge in [0.1, 0.15) is 6.61 Å². The molecule has 0 aromatic heterocycles. The molecule has 1 atom stereocenters. The summed E-state index contributed by atoms with van der Waals surface area (Å²) in [5.41, 5.74) is 2.21. The Morgan fingerprint density at radius 1 is 1.16 bits per heavy atom. The molecule has 0 aliphatic carbocycles. The minimum absolute atomic E-state index is 0.110. The van der Waals surface area contributed by atoms with Gasteiger partial charge in [-0.1, -0.05) is 55.8 Å². The number of nitrogens with one attached hydrogen (secondary N) is 2. The van der Waals surface area contributed by atoms with Crippen molar-refractivity contribution < 1.29 is 23.8 Å². The summed E-state index contributed by atoms with van der Waals surface area (Å²) in [6.45, 7) is 5.93. The third kappa shape index (κ3) is 4.99. The fourth-order valence-electron chi connectivity index (χ4n) is 3.55. The van der Waals surface area contributed by atoms with E-state index in [0.717, 1.165) is 5.56 Å². The van der Waals surface area contributed by atoms with Crippen molar-refractivity contribution in [3.63, 3.8) is 0 Å². The topological polar surface area (TPSA) is 85.9 Å². The number of carbonyl (C=O) groups is 2. The lowest BCUT2D eigenvalue weighted by atomic mass is 9.91. The molecule has 2 aromatic carbocycles. The number of halogens is 1. The fraction of sp³-hybridized carbons (Fsp3) is 0.333. The number of methoxy groups -OCH3 is 1. The average molecular weight is 459 g/mol. The van der Waals surface area contributed by atoms with Crippen molar-refractivity contribution in [1.29, 1.82) is 0 Å². The number of para-hydroxylation sites is 1. The minimum atomic E-state index is -0.781. The Morgan fingerprint density at radius 3 is 2.56 bits per heavy atom. The monoisotopic (exact) mass is 458 g/mol. The highest BCUT2D eigenvalue weighted by atomic mass is 35.5. The van der Waals surface area contributed by atoms with Crippen molar-refractivity contribution in [2.45, 2.75) is 33.4 Å². The summed E-state index contributed by atoms with van der Waals surface area (Å²) in [6, 6.07) is 11.5. The maximum absolute atomic E-state index is 12.9. The summed E-state index contributed by atoms with van der Waals surface area (Å²) >= 11 is 6.28. The van der Waals surface area contributed by atoms with Gasteiger partial charge in [0.25, 0.3) is 0 Å². The highest BCUT2D eigenvalue weighted by Crippen LogP contribution is 2.40. The van der Waals surface area contributed by atoms with E-state index in [-0.39, 0.29) is 19.1 Å². The summed E-state index contributed by atoms with van der Waals surface area (Å²) in [5, 5.41) is 6.17. The van der Waals surface area contributed by atoms with E-state index in [0.29, 0.717) is 33.4 Å². The van der Waals surface area contributed by atoms with Crippen LogP contribution < -0.4 is 20.1 Å². The molecular weight excluding hydrogens is 432 g/mol. The molecule has 2 amide bonds. The molecule has 0 bridgehead atoms. The quantitative estimate of drug-likeness (QED) is 0.557. The number of rotatable bonds is 8. The van der Waals surface area contributed by atoms with Crippen LogP contribution in [0.25, 0.3) is 0 Å². The summed E-state index contributed by atoms with van der Waals surface area (Å²) in [7, 11) is 1.53. The standard InChI is InChI=1S/C24H27ClN2O5/c1-5-31-23(28)19-20(14(2)3)26-24(29)27-21(19)16-10-8-12-18(30-4)22(16)32-13-15-9-6-7-11-17(15)25/h6-12,14,21H,5,13H2,1-4H3,(H2,26,27,29). The van der Waals surface area contributed by atoms with E-state index in [1.54, 1.807) is 31.2 Å². The van der Waals surface area contributed by atoms with Gasteiger partial charge in [-0.2, -0.15) is 0 Å². The third-order valence-electron chi connectivity index (χ3n) is 5.05. The molecular formula is C24H27ClN2O5. The molecule has 0 saturated carbocycles. The lowest BCUT2D eigenvalue weighted by Gasteiger charge is -2.32. The number of amides is 2. The van der Waals surface area contributed by atoms with Crippen LogP contribution >= 0.6 is 11.6 Å². The van der Waals surface area contributed by atoms with E-state index >= 15 is 0 Å². The maximum atomic E-state index is 12.9. The second kappa shape index (κ2) is 10.4. The van der Waals surface area contributed by atoms with Gasteiger partial charge in [0, 0.05) is 21.8 Å². The van der Waals surface area contributed by atoms with Crippen LogP contribution in [0.15, 0.2) is 53.7 Å². The number of urea groups is 1. The first-order valence-corrected chi connectivity index (χ1v) is 10.8.